The summed E-state index contributed by atoms with van der Waals surface area (Å²) in [6.07, 6.45) is 6.50. The van der Waals surface area contributed by atoms with Gasteiger partial charge < -0.3 is 14.6 Å². The first kappa shape index (κ1) is 15.3. The van der Waals surface area contributed by atoms with Crippen molar-refractivity contribution in [2.75, 3.05) is 24.7 Å². The molecule has 1 aliphatic carbocycles. The molecular formula is C15H25N3O2S. The van der Waals surface area contributed by atoms with Gasteiger partial charge >= 0.3 is 0 Å². The highest BCUT2D eigenvalue weighted by atomic mass is 32.2. The van der Waals surface area contributed by atoms with Gasteiger partial charge in [0.1, 0.15) is 5.60 Å². The van der Waals surface area contributed by atoms with Gasteiger partial charge in [0.05, 0.1) is 0 Å². The van der Waals surface area contributed by atoms with Gasteiger partial charge in [-0.25, -0.2) is 0 Å². The number of nitrogens with zero attached hydrogens (tertiary/aromatic N) is 2. The maximum Gasteiger partial charge on any atom is 0.228 e. The lowest BCUT2D eigenvalue weighted by Crippen LogP contribution is -2.39. The van der Waals surface area contributed by atoms with E-state index in [4.69, 9.17) is 9.26 Å². The predicted octanol–water partition coefficient (Wildman–Crippen LogP) is 2.51. The molecule has 0 aromatic carbocycles. The lowest BCUT2D eigenvalue weighted by Gasteiger charge is -2.33. The molecule has 1 aromatic heterocycles. The van der Waals surface area contributed by atoms with E-state index in [-0.39, 0.29) is 5.60 Å². The number of rotatable bonds is 5. The van der Waals surface area contributed by atoms with Gasteiger partial charge in [0, 0.05) is 37.1 Å². The standard InChI is InChI=1S/C15H25N3O2S/c1-2-19-15(6-4-3-5-7-15)14-17-13(20-18-14)10-12-11-21-9-8-16-12/h12,16H,2-11H2,1H3. The average Bonchev–Trinajstić information content (AvgIpc) is 2.99. The largest absolute Gasteiger partial charge is 0.367 e. The van der Waals surface area contributed by atoms with Crippen molar-refractivity contribution in [3.8, 4) is 0 Å². The zero-order chi connectivity index (χ0) is 14.5. The minimum atomic E-state index is -0.302. The van der Waals surface area contributed by atoms with Gasteiger partial charge in [0.25, 0.3) is 0 Å². The Morgan fingerprint density at radius 3 is 2.95 bits per heavy atom. The number of ether oxygens (including phenoxy) is 1. The Hall–Kier alpha value is -0.590. The number of hydrogen-bond acceptors (Lipinski definition) is 6. The number of thioether (sulfide) groups is 1. The Balaban J connectivity index is 1.69. The number of nitrogens with one attached hydrogen (secondary N) is 1. The highest BCUT2D eigenvalue weighted by Crippen LogP contribution is 2.39. The van der Waals surface area contributed by atoms with E-state index >= 15 is 0 Å². The van der Waals surface area contributed by atoms with Crippen LogP contribution in [0.15, 0.2) is 4.52 Å². The smallest absolute Gasteiger partial charge is 0.228 e. The molecule has 21 heavy (non-hydrogen) atoms. The molecule has 3 rings (SSSR count). The van der Waals surface area contributed by atoms with Gasteiger partial charge in [-0.2, -0.15) is 16.7 Å². The first-order valence-corrected chi connectivity index (χ1v) is 9.26. The molecule has 1 atom stereocenters. The van der Waals surface area contributed by atoms with Crippen molar-refractivity contribution in [3.63, 3.8) is 0 Å². The van der Waals surface area contributed by atoms with Crippen molar-refractivity contribution in [1.82, 2.24) is 15.5 Å². The summed E-state index contributed by atoms with van der Waals surface area (Å²) in [5.74, 6) is 3.82. The highest BCUT2D eigenvalue weighted by Gasteiger charge is 2.39. The minimum Gasteiger partial charge on any atom is -0.367 e. The molecule has 1 saturated heterocycles. The van der Waals surface area contributed by atoms with Crippen molar-refractivity contribution in [3.05, 3.63) is 11.7 Å². The van der Waals surface area contributed by atoms with Crippen LogP contribution in [0, 0.1) is 0 Å². The SMILES string of the molecule is CCOC1(c2noc(CC3CSCCN3)n2)CCCCC1. The summed E-state index contributed by atoms with van der Waals surface area (Å²) in [5, 5.41) is 7.76. The van der Waals surface area contributed by atoms with E-state index in [1.807, 2.05) is 18.7 Å². The fourth-order valence-electron chi connectivity index (χ4n) is 3.32. The second-order valence-electron chi connectivity index (χ2n) is 5.93. The minimum absolute atomic E-state index is 0.302. The zero-order valence-corrected chi connectivity index (χ0v) is 13.6. The lowest BCUT2D eigenvalue weighted by molar-refractivity contribution is -0.0777. The molecule has 2 heterocycles. The van der Waals surface area contributed by atoms with E-state index in [9.17, 15) is 0 Å². The highest BCUT2D eigenvalue weighted by molar-refractivity contribution is 7.99. The Morgan fingerprint density at radius 2 is 2.24 bits per heavy atom. The molecule has 0 spiro atoms. The Labute approximate surface area is 130 Å². The third-order valence-electron chi connectivity index (χ3n) is 4.38. The van der Waals surface area contributed by atoms with Crippen LogP contribution in [-0.4, -0.2) is 40.8 Å². The second kappa shape index (κ2) is 7.11. The second-order valence-corrected chi connectivity index (χ2v) is 7.08. The molecule has 1 N–H and O–H groups in total. The third kappa shape index (κ3) is 3.60. The van der Waals surface area contributed by atoms with Gasteiger partial charge in [-0.1, -0.05) is 24.4 Å². The molecule has 6 heteroatoms. The molecule has 1 unspecified atom stereocenters. The summed E-state index contributed by atoms with van der Waals surface area (Å²) in [6.45, 7) is 3.81. The van der Waals surface area contributed by atoms with Gasteiger partial charge in [0.15, 0.2) is 0 Å². The van der Waals surface area contributed by atoms with E-state index in [0.717, 1.165) is 43.3 Å². The van der Waals surface area contributed by atoms with Gasteiger partial charge in [-0.05, 0) is 19.8 Å². The monoisotopic (exact) mass is 311 g/mol. The summed E-state index contributed by atoms with van der Waals surface area (Å²) in [7, 11) is 0. The van der Waals surface area contributed by atoms with Crippen LogP contribution >= 0.6 is 11.8 Å². The van der Waals surface area contributed by atoms with Crippen molar-refractivity contribution in [1.29, 1.82) is 0 Å². The Morgan fingerprint density at radius 1 is 1.38 bits per heavy atom. The normalized spacial score (nSPS) is 25.9. The Kier molecular flexibility index (Phi) is 5.19. The van der Waals surface area contributed by atoms with E-state index in [1.165, 1.54) is 25.0 Å². The summed E-state index contributed by atoms with van der Waals surface area (Å²) >= 11 is 1.99. The van der Waals surface area contributed by atoms with Crippen molar-refractivity contribution >= 4 is 11.8 Å². The topological polar surface area (TPSA) is 60.2 Å². The van der Waals surface area contributed by atoms with E-state index < -0.39 is 0 Å². The van der Waals surface area contributed by atoms with Crippen LogP contribution in [0.3, 0.4) is 0 Å². The fourth-order valence-corrected chi connectivity index (χ4v) is 4.27. The predicted molar refractivity (Wildman–Crippen MR) is 83.5 cm³/mol. The quantitative estimate of drug-likeness (QED) is 0.901. The molecule has 2 aliphatic rings. The van der Waals surface area contributed by atoms with Crippen molar-refractivity contribution < 1.29 is 9.26 Å². The molecular weight excluding hydrogens is 286 g/mol. The molecule has 2 fully saturated rings. The summed E-state index contributed by atoms with van der Waals surface area (Å²) < 4.78 is 11.6. The maximum absolute atomic E-state index is 6.06. The molecule has 0 amide bonds. The van der Waals surface area contributed by atoms with Crippen molar-refractivity contribution in [2.24, 2.45) is 0 Å². The number of aromatic nitrogens is 2. The molecule has 1 saturated carbocycles. The molecule has 5 nitrogen and oxygen atoms in total. The van der Waals surface area contributed by atoms with Gasteiger partial charge in [0.2, 0.25) is 11.7 Å². The van der Waals surface area contributed by atoms with Crippen LogP contribution in [0.2, 0.25) is 0 Å². The lowest BCUT2D eigenvalue weighted by atomic mass is 9.84. The van der Waals surface area contributed by atoms with E-state index in [0.29, 0.717) is 12.6 Å². The zero-order valence-electron chi connectivity index (χ0n) is 12.8. The molecule has 118 valence electrons. The molecule has 0 bridgehead atoms. The van der Waals surface area contributed by atoms with Crippen LogP contribution in [-0.2, 0) is 16.8 Å². The Bertz CT molecular complexity index is 434. The molecule has 0 radical (unpaired) electrons. The van der Waals surface area contributed by atoms with Crippen LogP contribution in [0.5, 0.6) is 0 Å². The summed E-state index contributed by atoms with van der Waals surface area (Å²) in [4.78, 5) is 4.67. The van der Waals surface area contributed by atoms with E-state index in [2.05, 4.69) is 15.5 Å². The third-order valence-corrected chi connectivity index (χ3v) is 5.51. The van der Waals surface area contributed by atoms with Crippen molar-refractivity contribution in [2.45, 2.75) is 57.1 Å². The van der Waals surface area contributed by atoms with E-state index in [1.54, 1.807) is 0 Å². The van der Waals surface area contributed by atoms with Crippen LogP contribution in [0.1, 0.15) is 50.7 Å². The summed E-state index contributed by atoms with van der Waals surface area (Å²) in [6, 6.07) is 0.450. The number of hydrogen-bond donors (Lipinski definition) is 1. The van der Waals surface area contributed by atoms with Crippen LogP contribution in [0.25, 0.3) is 0 Å². The van der Waals surface area contributed by atoms with Gasteiger partial charge in [-0.15, -0.1) is 0 Å². The maximum atomic E-state index is 6.06. The first-order valence-electron chi connectivity index (χ1n) is 8.10. The summed E-state index contributed by atoms with van der Waals surface area (Å²) in [5.41, 5.74) is -0.302. The first-order chi connectivity index (χ1) is 10.3. The average molecular weight is 311 g/mol. The van der Waals surface area contributed by atoms with Crippen LogP contribution in [0.4, 0.5) is 0 Å². The van der Waals surface area contributed by atoms with Gasteiger partial charge in [-0.3, -0.25) is 0 Å². The fraction of sp³-hybridized carbons (Fsp3) is 0.867. The molecule has 1 aliphatic heterocycles. The molecule has 1 aromatic rings. The van der Waals surface area contributed by atoms with Crippen LogP contribution < -0.4 is 5.32 Å².